The fourth-order valence-corrected chi connectivity index (χ4v) is 5.11. The molecular formula is C26H21N3O3S. The summed E-state index contributed by atoms with van der Waals surface area (Å²) in [7, 11) is 0. The van der Waals surface area contributed by atoms with Crippen LogP contribution in [0, 0.1) is 10.1 Å². The van der Waals surface area contributed by atoms with Gasteiger partial charge in [-0.25, -0.2) is 0 Å². The number of benzene rings is 3. The van der Waals surface area contributed by atoms with Crippen molar-refractivity contribution in [2.24, 2.45) is 0 Å². The van der Waals surface area contributed by atoms with Gasteiger partial charge in [0.25, 0.3) is 11.6 Å². The van der Waals surface area contributed by atoms with E-state index in [1.165, 1.54) is 12.1 Å². The van der Waals surface area contributed by atoms with Crippen molar-refractivity contribution in [3.63, 3.8) is 0 Å². The van der Waals surface area contributed by atoms with E-state index in [1.807, 2.05) is 70.9 Å². The average molecular weight is 456 g/mol. The first-order valence-electron chi connectivity index (χ1n) is 10.6. The van der Waals surface area contributed by atoms with Crippen LogP contribution in [0.1, 0.15) is 32.5 Å². The number of carbonyl (C=O) groups excluding carboxylic acids is 1. The van der Waals surface area contributed by atoms with Gasteiger partial charge >= 0.3 is 0 Å². The van der Waals surface area contributed by atoms with Gasteiger partial charge in [-0.05, 0) is 28.6 Å². The normalized spacial score (nSPS) is 15.4. The summed E-state index contributed by atoms with van der Waals surface area (Å²) in [6.45, 7) is 0.961. The highest BCUT2D eigenvalue weighted by molar-refractivity contribution is 7.10. The van der Waals surface area contributed by atoms with Crippen LogP contribution in [0.15, 0.2) is 96.4 Å². The van der Waals surface area contributed by atoms with Gasteiger partial charge in [0.2, 0.25) is 0 Å². The molecule has 0 bridgehead atoms. The summed E-state index contributed by atoms with van der Waals surface area (Å²) >= 11 is 1.60. The van der Waals surface area contributed by atoms with Crippen LogP contribution in [0.3, 0.4) is 0 Å². The maximum atomic E-state index is 13.8. The lowest BCUT2D eigenvalue weighted by molar-refractivity contribution is -0.384. The van der Waals surface area contributed by atoms with Crippen LogP contribution in [-0.4, -0.2) is 15.7 Å². The zero-order valence-corrected chi connectivity index (χ0v) is 18.5. The highest BCUT2D eigenvalue weighted by Crippen LogP contribution is 2.43. The second-order valence-electron chi connectivity index (χ2n) is 7.88. The zero-order chi connectivity index (χ0) is 22.8. The molecule has 1 amide bonds. The molecule has 164 valence electrons. The number of anilines is 1. The number of nitro groups is 1. The van der Waals surface area contributed by atoms with Gasteiger partial charge in [0.15, 0.2) is 0 Å². The van der Waals surface area contributed by atoms with Gasteiger partial charge in [-0.1, -0.05) is 66.7 Å². The van der Waals surface area contributed by atoms with Crippen molar-refractivity contribution in [2.75, 3.05) is 4.90 Å². The van der Waals surface area contributed by atoms with Gasteiger partial charge in [-0.2, -0.15) is 0 Å². The summed E-state index contributed by atoms with van der Waals surface area (Å²) in [6, 6.07) is 28.5. The Labute approximate surface area is 195 Å². The van der Waals surface area contributed by atoms with Crippen LogP contribution in [0.5, 0.6) is 0 Å². The molecule has 1 aliphatic rings. The summed E-state index contributed by atoms with van der Waals surface area (Å²) in [5.41, 5.74) is 3.07. The number of fused-ring (bicyclic) bond motifs is 1. The minimum atomic E-state index is -0.456. The predicted octanol–water partition coefficient (Wildman–Crippen LogP) is 6.02. The van der Waals surface area contributed by atoms with Crippen LogP contribution in [0.2, 0.25) is 0 Å². The van der Waals surface area contributed by atoms with Crippen molar-refractivity contribution in [3.8, 4) is 0 Å². The molecule has 0 aliphatic carbocycles. The molecule has 1 aliphatic heterocycles. The van der Waals surface area contributed by atoms with Crippen molar-refractivity contribution in [1.82, 2.24) is 4.90 Å². The van der Waals surface area contributed by atoms with Crippen LogP contribution < -0.4 is 4.90 Å². The first-order chi connectivity index (χ1) is 16.1. The van der Waals surface area contributed by atoms with Crippen molar-refractivity contribution in [2.45, 2.75) is 19.3 Å². The van der Waals surface area contributed by atoms with Gasteiger partial charge in [-0.15, -0.1) is 11.3 Å². The first-order valence-corrected chi connectivity index (χ1v) is 11.5. The lowest BCUT2D eigenvalue weighted by Crippen LogP contribution is -2.48. The molecule has 0 radical (unpaired) electrons. The van der Waals surface area contributed by atoms with Crippen LogP contribution in [0.25, 0.3) is 0 Å². The Morgan fingerprint density at radius 3 is 2.03 bits per heavy atom. The van der Waals surface area contributed by atoms with Gasteiger partial charge in [0, 0.05) is 30.1 Å². The minimum Gasteiger partial charge on any atom is -0.342 e. The van der Waals surface area contributed by atoms with Crippen LogP contribution in [-0.2, 0) is 13.1 Å². The number of nitro benzene ring substituents is 1. The van der Waals surface area contributed by atoms with Gasteiger partial charge < -0.3 is 9.80 Å². The van der Waals surface area contributed by atoms with Crippen molar-refractivity contribution >= 4 is 28.6 Å². The van der Waals surface area contributed by atoms with E-state index < -0.39 is 4.92 Å². The summed E-state index contributed by atoms with van der Waals surface area (Å²) in [5, 5.41) is 13.5. The number of carbonyl (C=O) groups is 1. The van der Waals surface area contributed by atoms with E-state index >= 15 is 0 Å². The summed E-state index contributed by atoms with van der Waals surface area (Å²) in [6.07, 6.45) is -0.327. The molecule has 0 saturated carbocycles. The Morgan fingerprint density at radius 2 is 1.45 bits per heavy atom. The number of hydrogen-bond donors (Lipinski definition) is 0. The second kappa shape index (κ2) is 8.88. The third-order valence-electron chi connectivity index (χ3n) is 5.77. The van der Waals surface area contributed by atoms with E-state index in [1.54, 1.807) is 17.4 Å². The molecule has 33 heavy (non-hydrogen) atoms. The Balaban J connectivity index is 1.67. The van der Waals surface area contributed by atoms with E-state index in [0.29, 0.717) is 24.3 Å². The maximum absolute atomic E-state index is 13.8. The van der Waals surface area contributed by atoms with E-state index in [2.05, 4.69) is 17.0 Å². The SMILES string of the molecule is O=C1c2cc([N+](=O)[O-])ccc2N(Cc2ccccc2)[C@H](c2cccs2)N1Cc1ccccc1. The number of thiophene rings is 1. The van der Waals surface area contributed by atoms with Crippen molar-refractivity contribution in [3.05, 3.63) is 128 Å². The van der Waals surface area contributed by atoms with E-state index in [9.17, 15) is 14.9 Å². The molecule has 1 atom stereocenters. The second-order valence-corrected chi connectivity index (χ2v) is 8.86. The summed E-state index contributed by atoms with van der Waals surface area (Å²) in [5.74, 6) is -0.208. The zero-order valence-electron chi connectivity index (χ0n) is 17.7. The Bertz CT molecular complexity index is 1280. The van der Waals surface area contributed by atoms with Crippen molar-refractivity contribution < 1.29 is 9.72 Å². The lowest BCUT2D eigenvalue weighted by Gasteiger charge is -2.45. The standard InChI is InChI=1S/C26H21N3O3S/c30-26-22-16-21(29(31)32)13-14-23(22)27(17-19-8-3-1-4-9-19)25(24-12-7-15-33-24)28(26)18-20-10-5-2-6-11-20/h1-16,25H,17-18H2/t25-/m0/s1. The number of rotatable bonds is 6. The molecule has 6 nitrogen and oxygen atoms in total. The predicted molar refractivity (Wildman–Crippen MR) is 129 cm³/mol. The van der Waals surface area contributed by atoms with Crippen LogP contribution in [0.4, 0.5) is 11.4 Å². The lowest BCUT2D eigenvalue weighted by atomic mass is 10.0. The Kier molecular flexibility index (Phi) is 5.62. The molecule has 2 heterocycles. The molecular weight excluding hydrogens is 434 g/mol. The van der Waals surface area contributed by atoms with Crippen LogP contribution >= 0.6 is 11.3 Å². The monoisotopic (exact) mass is 455 g/mol. The molecule has 0 N–H and O–H groups in total. The Morgan fingerprint density at radius 1 is 0.818 bits per heavy atom. The topological polar surface area (TPSA) is 66.7 Å². The molecule has 4 aromatic rings. The molecule has 1 aromatic heterocycles. The number of amides is 1. The Hall–Kier alpha value is -3.97. The fourth-order valence-electron chi connectivity index (χ4n) is 4.26. The molecule has 0 saturated heterocycles. The molecule has 5 rings (SSSR count). The highest BCUT2D eigenvalue weighted by Gasteiger charge is 2.40. The van der Waals surface area contributed by atoms with E-state index in [-0.39, 0.29) is 17.8 Å². The molecule has 0 spiro atoms. The molecule has 0 unspecified atom stereocenters. The largest absolute Gasteiger partial charge is 0.342 e. The fraction of sp³-hybridized carbons (Fsp3) is 0.115. The minimum absolute atomic E-state index is 0.0870. The number of hydrogen-bond acceptors (Lipinski definition) is 5. The summed E-state index contributed by atoms with van der Waals surface area (Å²) in [4.78, 5) is 29.8. The number of non-ortho nitro benzene ring substituents is 1. The molecule has 0 fully saturated rings. The maximum Gasteiger partial charge on any atom is 0.270 e. The van der Waals surface area contributed by atoms with Crippen molar-refractivity contribution in [1.29, 1.82) is 0 Å². The van der Waals surface area contributed by atoms with Gasteiger partial charge in [-0.3, -0.25) is 14.9 Å². The van der Waals surface area contributed by atoms with E-state index in [0.717, 1.165) is 16.0 Å². The number of nitrogens with zero attached hydrogens (tertiary/aromatic N) is 3. The average Bonchev–Trinajstić information content (AvgIpc) is 3.37. The van der Waals surface area contributed by atoms with Gasteiger partial charge in [0.05, 0.1) is 16.2 Å². The molecule has 7 heteroatoms. The highest BCUT2D eigenvalue weighted by atomic mass is 32.1. The summed E-state index contributed by atoms with van der Waals surface area (Å²) < 4.78 is 0. The first kappa shape index (κ1) is 20.9. The van der Waals surface area contributed by atoms with Gasteiger partial charge in [0.1, 0.15) is 6.17 Å². The quantitative estimate of drug-likeness (QED) is 0.263. The smallest absolute Gasteiger partial charge is 0.270 e. The molecule has 3 aromatic carbocycles. The third-order valence-corrected chi connectivity index (χ3v) is 6.68. The van der Waals surface area contributed by atoms with E-state index in [4.69, 9.17) is 0 Å². The third kappa shape index (κ3) is 4.10.